The van der Waals surface area contributed by atoms with E-state index in [4.69, 9.17) is 10.00 Å². The molecule has 6 heteroatoms. The number of hydrogen-bond acceptors (Lipinski definition) is 3. The zero-order valence-corrected chi connectivity index (χ0v) is 14.2. The third-order valence-corrected chi connectivity index (χ3v) is 3.56. The number of carbonyl (C=O) groups is 1. The Balaban J connectivity index is 1.80. The summed E-state index contributed by atoms with van der Waals surface area (Å²) < 4.78 is 19.0. The average Bonchev–Trinajstić information content (AvgIpc) is 2.62. The van der Waals surface area contributed by atoms with E-state index in [1.165, 1.54) is 11.0 Å². The van der Waals surface area contributed by atoms with Crippen LogP contribution in [0.1, 0.15) is 18.1 Å². The van der Waals surface area contributed by atoms with Crippen LogP contribution in [0.5, 0.6) is 5.75 Å². The number of rotatable bonds is 6. The lowest BCUT2D eigenvalue weighted by atomic mass is 10.1. The first-order valence-corrected chi connectivity index (χ1v) is 7.89. The quantitative estimate of drug-likeness (QED) is 0.877. The molecule has 0 saturated carbocycles. The number of benzene rings is 2. The Bertz CT molecular complexity index is 756. The molecule has 0 bridgehead atoms. The molecule has 2 amide bonds. The third kappa shape index (κ3) is 5.50. The highest BCUT2D eigenvalue weighted by atomic mass is 19.1. The normalized spacial score (nSPS) is 11.3. The molecule has 2 aromatic carbocycles. The van der Waals surface area contributed by atoms with Gasteiger partial charge in [0.25, 0.3) is 0 Å². The van der Waals surface area contributed by atoms with Crippen LogP contribution in [0.2, 0.25) is 0 Å². The van der Waals surface area contributed by atoms with Gasteiger partial charge in [-0.2, -0.15) is 5.26 Å². The molecule has 1 atom stereocenters. The first kappa shape index (κ1) is 18.3. The maximum Gasteiger partial charge on any atom is 0.317 e. The number of amides is 2. The molecule has 5 nitrogen and oxygen atoms in total. The summed E-state index contributed by atoms with van der Waals surface area (Å²) in [5, 5.41) is 11.5. The van der Waals surface area contributed by atoms with E-state index in [1.807, 2.05) is 12.1 Å². The van der Waals surface area contributed by atoms with Crippen molar-refractivity contribution in [2.45, 2.75) is 19.6 Å². The molecule has 0 aliphatic heterocycles. The van der Waals surface area contributed by atoms with Crippen molar-refractivity contribution in [1.82, 2.24) is 10.2 Å². The number of hydrogen-bond donors (Lipinski definition) is 1. The van der Waals surface area contributed by atoms with Crippen LogP contribution >= 0.6 is 0 Å². The lowest BCUT2D eigenvalue weighted by Crippen LogP contribution is -2.41. The fourth-order valence-electron chi connectivity index (χ4n) is 2.20. The van der Waals surface area contributed by atoms with E-state index in [-0.39, 0.29) is 24.4 Å². The van der Waals surface area contributed by atoms with Crippen molar-refractivity contribution in [3.05, 3.63) is 65.5 Å². The molecule has 0 aromatic heterocycles. The topological polar surface area (TPSA) is 65.4 Å². The van der Waals surface area contributed by atoms with Crippen molar-refractivity contribution in [3.63, 3.8) is 0 Å². The maximum absolute atomic E-state index is 13.5. The van der Waals surface area contributed by atoms with Gasteiger partial charge in [0.1, 0.15) is 6.10 Å². The maximum atomic E-state index is 13.5. The van der Waals surface area contributed by atoms with Gasteiger partial charge in [-0.25, -0.2) is 9.18 Å². The fourth-order valence-corrected chi connectivity index (χ4v) is 2.20. The lowest BCUT2D eigenvalue weighted by molar-refractivity contribution is 0.185. The molecular weight excluding hydrogens is 321 g/mol. The smallest absolute Gasteiger partial charge is 0.317 e. The first-order valence-electron chi connectivity index (χ1n) is 7.89. The minimum atomic E-state index is -0.432. The van der Waals surface area contributed by atoms with Crippen LogP contribution in [-0.4, -0.2) is 30.6 Å². The van der Waals surface area contributed by atoms with E-state index >= 15 is 0 Å². The number of urea groups is 1. The molecule has 0 spiro atoms. The van der Waals surface area contributed by atoms with Crippen LogP contribution in [-0.2, 0) is 6.54 Å². The Morgan fingerprint density at radius 3 is 2.60 bits per heavy atom. The largest absolute Gasteiger partial charge is 0.486 e. The van der Waals surface area contributed by atoms with Gasteiger partial charge >= 0.3 is 6.03 Å². The van der Waals surface area contributed by atoms with Crippen molar-refractivity contribution in [2.75, 3.05) is 13.6 Å². The van der Waals surface area contributed by atoms with Gasteiger partial charge in [-0.1, -0.05) is 24.3 Å². The monoisotopic (exact) mass is 341 g/mol. The van der Waals surface area contributed by atoms with E-state index in [0.717, 1.165) is 5.56 Å². The fraction of sp³-hybridized carbons (Fsp3) is 0.263. The molecule has 2 aromatic rings. The Hall–Kier alpha value is -3.07. The summed E-state index contributed by atoms with van der Waals surface area (Å²) in [4.78, 5) is 13.7. The predicted octanol–water partition coefficient (Wildman–Crippen LogP) is 3.31. The van der Waals surface area contributed by atoms with Crippen molar-refractivity contribution in [1.29, 1.82) is 5.26 Å². The molecule has 0 aliphatic rings. The van der Waals surface area contributed by atoms with Gasteiger partial charge in [0, 0.05) is 13.6 Å². The molecule has 0 fully saturated rings. The summed E-state index contributed by atoms with van der Waals surface area (Å²) in [6.45, 7) is 2.43. The second-order valence-electron chi connectivity index (χ2n) is 5.71. The number of para-hydroxylation sites is 1. The highest BCUT2D eigenvalue weighted by Crippen LogP contribution is 2.16. The lowest BCUT2D eigenvalue weighted by Gasteiger charge is -2.20. The van der Waals surface area contributed by atoms with E-state index in [0.29, 0.717) is 12.1 Å². The van der Waals surface area contributed by atoms with Crippen LogP contribution < -0.4 is 10.1 Å². The van der Waals surface area contributed by atoms with E-state index in [9.17, 15) is 9.18 Å². The molecule has 0 saturated heterocycles. The minimum absolute atomic E-state index is 0.162. The summed E-state index contributed by atoms with van der Waals surface area (Å²) in [6.07, 6.45) is -0.371. The number of nitriles is 1. The highest BCUT2D eigenvalue weighted by Gasteiger charge is 2.12. The summed E-state index contributed by atoms with van der Waals surface area (Å²) in [5.74, 6) is -0.270. The van der Waals surface area contributed by atoms with E-state index in [1.54, 1.807) is 44.3 Å². The molecule has 1 unspecified atom stereocenters. The average molecular weight is 341 g/mol. The molecule has 0 aliphatic carbocycles. The van der Waals surface area contributed by atoms with Gasteiger partial charge < -0.3 is 15.0 Å². The van der Waals surface area contributed by atoms with Crippen molar-refractivity contribution in [2.24, 2.45) is 0 Å². The van der Waals surface area contributed by atoms with Crippen molar-refractivity contribution >= 4 is 6.03 Å². The van der Waals surface area contributed by atoms with Crippen LogP contribution in [0, 0.1) is 17.1 Å². The number of nitrogens with zero attached hydrogens (tertiary/aromatic N) is 2. The SMILES string of the molecule is CC(CNC(=O)N(C)Cc1ccc(C#N)cc1)Oc1ccccc1F. The van der Waals surface area contributed by atoms with Crippen LogP contribution in [0.25, 0.3) is 0 Å². The number of carbonyl (C=O) groups excluding carboxylic acids is 1. The Morgan fingerprint density at radius 1 is 1.28 bits per heavy atom. The van der Waals surface area contributed by atoms with Crippen LogP contribution in [0.3, 0.4) is 0 Å². The Kier molecular flexibility index (Phi) is 6.35. The molecular formula is C19H20FN3O2. The summed E-state index contributed by atoms with van der Waals surface area (Å²) in [5.41, 5.74) is 1.50. The van der Waals surface area contributed by atoms with Gasteiger partial charge in [0.2, 0.25) is 0 Å². The highest BCUT2D eigenvalue weighted by molar-refractivity contribution is 5.73. The summed E-state index contributed by atoms with van der Waals surface area (Å²) in [7, 11) is 1.68. The Labute approximate surface area is 146 Å². The number of nitrogens with one attached hydrogen (secondary N) is 1. The number of ether oxygens (including phenoxy) is 1. The van der Waals surface area contributed by atoms with Gasteiger partial charge in [0.15, 0.2) is 11.6 Å². The van der Waals surface area contributed by atoms with Gasteiger partial charge in [0.05, 0.1) is 18.2 Å². The van der Waals surface area contributed by atoms with Gasteiger partial charge in [-0.05, 0) is 36.8 Å². The van der Waals surface area contributed by atoms with Gasteiger partial charge in [-0.3, -0.25) is 0 Å². The minimum Gasteiger partial charge on any atom is -0.486 e. The first-order chi connectivity index (χ1) is 12.0. The predicted molar refractivity (Wildman–Crippen MR) is 92.5 cm³/mol. The standard InChI is InChI=1S/C19H20FN3O2/c1-14(25-18-6-4-3-5-17(18)20)12-22-19(24)23(2)13-16-9-7-15(11-21)8-10-16/h3-10,14H,12-13H2,1-2H3,(H,22,24). The summed E-state index contributed by atoms with van der Waals surface area (Å²) in [6, 6.07) is 15.0. The van der Waals surface area contributed by atoms with Crippen molar-refractivity contribution in [3.8, 4) is 11.8 Å². The zero-order chi connectivity index (χ0) is 18.2. The second kappa shape index (κ2) is 8.69. The van der Waals surface area contributed by atoms with E-state index < -0.39 is 5.82 Å². The second-order valence-corrected chi connectivity index (χ2v) is 5.71. The molecule has 1 N–H and O–H groups in total. The van der Waals surface area contributed by atoms with Crippen LogP contribution in [0.4, 0.5) is 9.18 Å². The van der Waals surface area contributed by atoms with Crippen LogP contribution in [0.15, 0.2) is 48.5 Å². The molecule has 0 radical (unpaired) electrons. The molecule has 0 heterocycles. The molecule has 25 heavy (non-hydrogen) atoms. The third-order valence-electron chi connectivity index (χ3n) is 3.56. The molecule has 130 valence electrons. The summed E-state index contributed by atoms with van der Waals surface area (Å²) >= 11 is 0. The number of halogens is 1. The Morgan fingerprint density at radius 2 is 1.96 bits per heavy atom. The zero-order valence-electron chi connectivity index (χ0n) is 14.2. The van der Waals surface area contributed by atoms with Crippen molar-refractivity contribution < 1.29 is 13.9 Å². The van der Waals surface area contributed by atoms with Gasteiger partial charge in [-0.15, -0.1) is 0 Å². The van der Waals surface area contributed by atoms with E-state index in [2.05, 4.69) is 11.4 Å². The molecule has 2 rings (SSSR count).